The molecule has 0 aliphatic carbocycles. The van der Waals surface area contributed by atoms with Gasteiger partial charge in [-0.25, -0.2) is 0 Å². The summed E-state index contributed by atoms with van der Waals surface area (Å²) < 4.78 is 5.50. The fraction of sp³-hybridized carbons (Fsp3) is 1.00. The molecule has 1 fully saturated rings. The molecule has 1 heterocycles. The van der Waals surface area contributed by atoms with Gasteiger partial charge in [0.05, 0.1) is 12.7 Å². The molecular formula is C10H21NOS. The van der Waals surface area contributed by atoms with Gasteiger partial charge in [-0.3, -0.25) is 4.90 Å². The fourth-order valence-corrected chi connectivity index (χ4v) is 1.79. The van der Waals surface area contributed by atoms with E-state index in [1.54, 1.807) is 0 Å². The van der Waals surface area contributed by atoms with Crippen LogP contribution in [-0.4, -0.2) is 43.0 Å². The molecule has 0 saturated carbocycles. The van der Waals surface area contributed by atoms with Crippen LogP contribution in [0.2, 0.25) is 0 Å². The Bertz CT molecular complexity index is 161. The largest absolute Gasteiger partial charge is 0.376 e. The van der Waals surface area contributed by atoms with E-state index < -0.39 is 0 Å². The van der Waals surface area contributed by atoms with Crippen LogP contribution in [0.15, 0.2) is 0 Å². The van der Waals surface area contributed by atoms with Gasteiger partial charge in [-0.2, -0.15) is 12.6 Å². The number of hydrogen-bond donors (Lipinski definition) is 1. The van der Waals surface area contributed by atoms with Gasteiger partial charge in [-0.15, -0.1) is 0 Å². The lowest BCUT2D eigenvalue weighted by molar-refractivity contribution is -0.0272. The molecule has 1 aliphatic heterocycles. The van der Waals surface area contributed by atoms with Crippen LogP contribution in [0, 0.1) is 5.41 Å². The summed E-state index contributed by atoms with van der Waals surface area (Å²) in [7, 11) is 0. The average molecular weight is 203 g/mol. The van der Waals surface area contributed by atoms with Crippen LogP contribution in [-0.2, 0) is 4.74 Å². The van der Waals surface area contributed by atoms with Gasteiger partial charge in [0.2, 0.25) is 0 Å². The van der Waals surface area contributed by atoms with Gasteiger partial charge >= 0.3 is 0 Å². The van der Waals surface area contributed by atoms with Crippen molar-refractivity contribution in [3.05, 3.63) is 0 Å². The van der Waals surface area contributed by atoms with E-state index in [-0.39, 0.29) is 0 Å². The summed E-state index contributed by atoms with van der Waals surface area (Å²) in [6.07, 6.45) is 0.393. The van der Waals surface area contributed by atoms with Crippen LogP contribution in [0.5, 0.6) is 0 Å². The van der Waals surface area contributed by atoms with Crippen LogP contribution in [0.3, 0.4) is 0 Å². The normalized spacial score (nSPS) is 26.3. The molecule has 2 nitrogen and oxygen atoms in total. The zero-order valence-corrected chi connectivity index (χ0v) is 9.81. The zero-order valence-electron chi connectivity index (χ0n) is 8.92. The summed E-state index contributed by atoms with van der Waals surface area (Å²) in [5.74, 6) is 0.943. The summed E-state index contributed by atoms with van der Waals surface area (Å²) in [5, 5.41) is 0. The molecular weight excluding hydrogens is 182 g/mol. The van der Waals surface area contributed by atoms with E-state index in [2.05, 4.69) is 38.3 Å². The molecule has 78 valence electrons. The Morgan fingerprint density at radius 3 is 2.77 bits per heavy atom. The van der Waals surface area contributed by atoms with Crippen molar-refractivity contribution < 1.29 is 4.74 Å². The Labute approximate surface area is 87.0 Å². The summed E-state index contributed by atoms with van der Waals surface area (Å²) in [5.41, 5.74) is 0.320. The molecule has 1 rings (SSSR count). The fourth-order valence-electron chi connectivity index (χ4n) is 1.69. The lowest BCUT2D eigenvalue weighted by Gasteiger charge is -2.36. The Morgan fingerprint density at radius 1 is 1.54 bits per heavy atom. The Kier molecular flexibility index (Phi) is 4.07. The number of ether oxygens (including phenoxy) is 1. The molecule has 0 bridgehead atoms. The number of hydrogen-bond acceptors (Lipinski definition) is 3. The average Bonchev–Trinajstić information content (AvgIpc) is 2.03. The van der Waals surface area contributed by atoms with Gasteiger partial charge in [0.25, 0.3) is 0 Å². The highest BCUT2D eigenvalue weighted by atomic mass is 32.1. The van der Waals surface area contributed by atoms with Crippen LogP contribution in [0.25, 0.3) is 0 Å². The second kappa shape index (κ2) is 4.67. The van der Waals surface area contributed by atoms with Gasteiger partial charge < -0.3 is 4.74 Å². The summed E-state index contributed by atoms with van der Waals surface area (Å²) in [6, 6.07) is 0. The molecule has 0 amide bonds. The zero-order chi connectivity index (χ0) is 9.90. The minimum atomic E-state index is 0.320. The second-order valence-corrected chi connectivity index (χ2v) is 5.06. The maximum atomic E-state index is 5.50. The highest BCUT2D eigenvalue weighted by molar-refractivity contribution is 7.80. The topological polar surface area (TPSA) is 12.5 Å². The minimum Gasteiger partial charge on any atom is -0.376 e. The molecule has 0 aromatic heterocycles. The summed E-state index contributed by atoms with van der Waals surface area (Å²) in [6.45, 7) is 10.8. The van der Waals surface area contributed by atoms with E-state index in [0.717, 1.165) is 32.0 Å². The van der Waals surface area contributed by atoms with Crippen molar-refractivity contribution in [1.29, 1.82) is 0 Å². The smallest absolute Gasteiger partial charge is 0.0674 e. The molecule has 0 N–H and O–H groups in total. The van der Waals surface area contributed by atoms with Crippen molar-refractivity contribution in [2.75, 3.05) is 32.0 Å². The van der Waals surface area contributed by atoms with Gasteiger partial charge in [0, 0.05) is 19.6 Å². The van der Waals surface area contributed by atoms with Crippen LogP contribution >= 0.6 is 12.6 Å². The summed E-state index contributed by atoms with van der Waals surface area (Å²) >= 11 is 4.37. The first-order valence-corrected chi connectivity index (χ1v) is 5.61. The molecule has 1 saturated heterocycles. The number of rotatable bonds is 3. The first kappa shape index (κ1) is 11.3. The Hall–Kier alpha value is 0.270. The monoisotopic (exact) mass is 203 g/mol. The lowest BCUT2D eigenvalue weighted by Crippen LogP contribution is -2.45. The minimum absolute atomic E-state index is 0.320. The highest BCUT2D eigenvalue weighted by Crippen LogP contribution is 2.19. The Morgan fingerprint density at radius 2 is 2.23 bits per heavy atom. The molecule has 1 unspecified atom stereocenters. The molecule has 1 aliphatic rings. The van der Waals surface area contributed by atoms with Gasteiger partial charge in [-0.05, 0) is 18.1 Å². The van der Waals surface area contributed by atoms with Gasteiger partial charge in [0.15, 0.2) is 0 Å². The number of morpholine rings is 1. The molecule has 0 radical (unpaired) electrons. The van der Waals surface area contributed by atoms with Crippen LogP contribution < -0.4 is 0 Å². The van der Waals surface area contributed by atoms with Crippen molar-refractivity contribution in [2.45, 2.75) is 26.9 Å². The van der Waals surface area contributed by atoms with Crippen LogP contribution in [0.4, 0.5) is 0 Å². The molecule has 0 spiro atoms. The molecule has 1 atom stereocenters. The van der Waals surface area contributed by atoms with E-state index in [1.807, 2.05) is 0 Å². The van der Waals surface area contributed by atoms with Crippen molar-refractivity contribution in [1.82, 2.24) is 4.90 Å². The van der Waals surface area contributed by atoms with Crippen molar-refractivity contribution >= 4 is 12.6 Å². The summed E-state index contributed by atoms with van der Waals surface area (Å²) in [4.78, 5) is 2.48. The lowest BCUT2D eigenvalue weighted by atomic mass is 9.95. The molecule has 0 aromatic carbocycles. The Balaban J connectivity index is 2.35. The molecule has 3 heteroatoms. The van der Waals surface area contributed by atoms with Gasteiger partial charge in [0.1, 0.15) is 0 Å². The number of nitrogens with zero attached hydrogens (tertiary/aromatic N) is 1. The van der Waals surface area contributed by atoms with Crippen molar-refractivity contribution in [2.24, 2.45) is 5.41 Å². The standard InChI is InChI=1S/C10H21NOS/c1-9-6-11(4-5-12-9)7-10(2,3)8-13/h9,13H,4-8H2,1-3H3. The van der Waals surface area contributed by atoms with Gasteiger partial charge in [-0.1, -0.05) is 13.8 Å². The first-order chi connectivity index (χ1) is 6.03. The SMILES string of the molecule is CC1CN(CC(C)(C)CS)CCO1. The van der Waals surface area contributed by atoms with E-state index >= 15 is 0 Å². The van der Waals surface area contributed by atoms with E-state index in [0.29, 0.717) is 11.5 Å². The third-order valence-corrected chi connectivity index (χ3v) is 3.26. The van der Waals surface area contributed by atoms with Crippen molar-refractivity contribution in [3.8, 4) is 0 Å². The third kappa shape index (κ3) is 3.88. The molecule has 0 aromatic rings. The van der Waals surface area contributed by atoms with E-state index in [4.69, 9.17) is 4.74 Å². The third-order valence-electron chi connectivity index (χ3n) is 2.40. The predicted octanol–water partition coefficient (Wildman–Crippen LogP) is 1.66. The molecule has 13 heavy (non-hydrogen) atoms. The predicted molar refractivity (Wildman–Crippen MR) is 59.5 cm³/mol. The quantitative estimate of drug-likeness (QED) is 0.700. The van der Waals surface area contributed by atoms with Crippen molar-refractivity contribution in [3.63, 3.8) is 0 Å². The first-order valence-electron chi connectivity index (χ1n) is 4.98. The second-order valence-electron chi connectivity index (χ2n) is 4.74. The maximum absolute atomic E-state index is 5.50. The van der Waals surface area contributed by atoms with Crippen LogP contribution in [0.1, 0.15) is 20.8 Å². The highest BCUT2D eigenvalue weighted by Gasteiger charge is 2.23. The van der Waals surface area contributed by atoms with E-state index in [1.165, 1.54) is 0 Å². The maximum Gasteiger partial charge on any atom is 0.0674 e. The van der Waals surface area contributed by atoms with E-state index in [9.17, 15) is 0 Å². The number of thiol groups is 1.